The molecule has 0 aromatic carbocycles. The van der Waals surface area contributed by atoms with Crippen LogP contribution >= 0.6 is 0 Å². The van der Waals surface area contributed by atoms with Crippen LogP contribution in [0.25, 0.3) is 0 Å². The third-order valence-corrected chi connectivity index (χ3v) is 3.00. The van der Waals surface area contributed by atoms with Gasteiger partial charge in [-0.3, -0.25) is 10.4 Å². The van der Waals surface area contributed by atoms with Gasteiger partial charge in [0.05, 0.1) is 6.10 Å². The summed E-state index contributed by atoms with van der Waals surface area (Å²) in [6, 6.07) is 0. The zero-order valence-corrected chi connectivity index (χ0v) is 11.5. The van der Waals surface area contributed by atoms with Gasteiger partial charge in [-0.05, 0) is 19.3 Å². The van der Waals surface area contributed by atoms with E-state index in [0.29, 0.717) is 0 Å². The van der Waals surface area contributed by atoms with Crippen molar-refractivity contribution in [1.82, 2.24) is 10.3 Å². The monoisotopic (exact) mass is 258 g/mol. The average molecular weight is 258 g/mol. The molecule has 1 aliphatic rings. The van der Waals surface area contributed by atoms with E-state index in [4.69, 9.17) is 15.3 Å². The summed E-state index contributed by atoms with van der Waals surface area (Å²) in [7, 11) is 1.70. The van der Waals surface area contributed by atoms with Crippen molar-refractivity contribution < 1.29 is 9.47 Å². The Hall–Kier alpha value is -0.850. The van der Waals surface area contributed by atoms with E-state index in [0.717, 1.165) is 58.1 Å². The summed E-state index contributed by atoms with van der Waals surface area (Å²) in [6.07, 6.45) is 3.20. The van der Waals surface area contributed by atoms with Gasteiger partial charge in [0.25, 0.3) is 0 Å². The summed E-state index contributed by atoms with van der Waals surface area (Å²) in [5.74, 6) is 6.32. The lowest BCUT2D eigenvalue weighted by Gasteiger charge is -2.26. The van der Waals surface area contributed by atoms with E-state index in [1.807, 2.05) is 0 Å². The molecule has 0 radical (unpaired) electrons. The quantitative estimate of drug-likeness (QED) is 0.245. The molecule has 0 bridgehead atoms. The summed E-state index contributed by atoms with van der Waals surface area (Å²) < 4.78 is 10.7. The van der Waals surface area contributed by atoms with Gasteiger partial charge >= 0.3 is 0 Å². The standard InChI is InChI=1S/C12H26N4O2/c1-3-11-10-16(7-5-9-18-11)12(15-13)14-6-4-8-17-2/h11H,3-10,13H2,1-2H3,(H,14,15). The van der Waals surface area contributed by atoms with Gasteiger partial charge in [0.15, 0.2) is 0 Å². The van der Waals surface area contributed by atoms with Crippen molar-refractivity contribution in [3.05, 3.63) is 0 Å². The number of nitrogens with two attached hydrogens (primary N) is 1. The van der Waals surface area contributed by atoms with Gasteiger partial charge in [-0.25, -0.2) is 5.84 Å². The Morgan fingerprint density at radius 2 is 2.44 bits per heavy atom. The number of rotatable bonds is 5. The molecule has 0 saturated carbocycles. The van der Waals surface area contributed by atoms with Gasteiger partial charge in [0, 0.05) is 40.0 Å². The van der Waals surface area contributed by atoms with Gasteiger partial charge in [-0.1, -0.05) is 6.92 Å². The molecule has 6 heteroatoms. The molecule has 0 aromatic heterocycles. The molecule has 0 spiro atoms. The highest BCUT2D eigenvalue weighted by Gasteiger charge is 2.19. The number of methoxy groups -OCH3 is 1. The number of guanidine groups is 1. The highest BCUT2D eigenvalue weighted by molar-refractivity contribution is 5.79. The summed E-state index contributed by atoms with van der Waals surface area (Å²) in [5.41, 5.74) is 2.70. The Bertz CT molecular complexity index is 248. The maximum atomic E-state index is 5.73. The lowest BCUT2D eigenvalue weighted by molar-refractivity contribution is 0.0581. The first-order valence-corrected chi connectivity index (χ1v) is 6.68. The molecule has 0 aromatic rings. The first kappa shape index (κ1) is 15.2. The minimum Gasteiger partial charge on any atom is -0.385 e. The fraction of sp³-hybridized carbons (Fsp3) is 0.917. The summed E-state index contributed by atoms with van der Waals surface area (Å²) >= 11 is 0. The molecule has 3 N–H and O–H groups in total. The highest BCUT2D eigenvalue weighted by atomic mass is 16.5. The summed E-state index contributed by atoms with van der Waals surface area (Å²) in [5, 5.41) is 0. The van der Waals surface area contributed by atoms with Crippen LogP contribution in [0, 0.1) is 0 Å². The van der Waals surface area contributed by atoms with Crippen molar-refractivity contribution in [2.75, 3.05) is 40.0 Å². The number of hydrogen-bond donors (Lipinski definition) is 2. The second-order valence-electron chi connectivity index (χ2n) is 4.40. The largest absolute Gasteiger partial charge is 0.385 e. The van der Waals surface area contributed by atoms with E-state index in [1.165, 1.54) is 0 Å². The molecule has 1 saturated heterocycles. The van der Waals surface area contributed by atoms with Crippen LogP contribution in [0.15, 0.2) is 4.99 Å². The SMILES string of the molecule is CCC1CN(C(=NCCCOC)NN)CCCO1. The molecule has 6 nitrogen and oxygen atoms in total. The number of aliphatic imine (C=N–C) groups is 1. The molecule has 0 amide bonds. The minimum atomic E-state index is 0.269. The van der Waals surface area contributed by atoms with Crippen molar-refractivity contribution in [3.63, 3.8) is 0 Å². The lowest BCUT2D eigenvalue weighted by atomic mass is 10.2. The Kier molecular flexibility index (Phi) is 7.71. The molecule has 1 aliphatic heterocycles. The number of nitrogens with zero attached hydrogens (tertiary/aromatic N) is 2. The molecule has 0 aliphatic carbocycles. The molecule has 1 unspecified atom stereocenters. The molecule has 1 rings (SSSR count). The third kappa shape index (κ3) is 5.20. The van der Waals surface area contributed by atoms with E-state index < -0.39 is 0 Å². The topological polar surface area (TPSA) is 72.1 Å². The van der Waals surface area contributed by atoms with Crippen LogP contribution in [0.4, 0.5) is 0 Å². The van der Waals surface area contributed by atoms with E-state index in [-0.39, 0.29) is 6.10 Å². The first-order valence-electron chi connectivity index (χ1n) is 6.68. The second kappa shape index (κ2) is 9.13. The number of hydrazine groups is 1. The zero-order chi connectivity index (χ0) is 13.2. The molecule has 1 fully saturated rings. The van der Waals surface area contributed by atoms with Crippen LogP contribution in [0.5, 0.6) is 0 Å². The van der Waals surface area contributed by atoms with Crippen molar-refractivity contribution in [2.24, 2.45) is 10.8 Å². The van der Waals surface area contributed by atoms with Crippen LogP contribution in [-0.4, -0.2) is 56.9 Å². The van der Waals surface area contributed by atoms with Gasteiger partial charge in [-0.2, -0.15) is 0 Å². The average Bonchev–Trinajstić information content (AvgIpc) is 2.64. The molecule has 1 atom stereocenters. The van der Waals surface area contributed by atoms with E-state index in [1.54, 1.807) is 7.11 Å². The van der Waals surface area contributed by atoms with Crippen LogP contribution in [0.1, 0.15) is 26.2 Å². The Morgan fingerprint density at radius 3 is 3.11 bits per heavy atom. The van der Waals surface area contributed by atoms with Crippen molar-refractivity contribution in [1.29, 1.82) is 0 Å². The highest BCUT2D eigenvalue weighted by Crippen LogP contribution is 2.08. The second-order valence-corrected chi connectivity index (χ2v) is 4.40. The van der Waals surface area contributed by atoms with Crippen molar-refractivity contribution in [2.45, 2.75) is 32.3 Å². The number of hydrogen-bond acceptors (Lipinski definition) is 4. The fourth-order valence-electron chi connectivity index (χ4n) is 1.97. The Balaban J connectivity index is 2.50. The fourth-order valence-corrected chi connectivity index (χ4v) is 1.97. The van der Waals surface area contributed by atoms with E-state index in [2.05, 4.69) is 22.2 Å². The van der Waals surface area contributed by atoms with Gasteiger partial charge in [-0.15, -0.1) is 0 Å². The van der Waals surface area contributed by atoms with Crippen LogP contribution in [0.2, 0.25) is 0 Å². The van der Waals surface area contributed by atoms with Crippen LogP contribution < -0.4 is 11.3 Å². The van der Waals surface area contributed by atoms with Gasteiger partial charge < -0.3 is 14.4 Å². The first-order chi connectivity index (χ1) is 8.81. The molecular weight excluding hydrogens is 232 g/mol. The normalized spacial score (nSPS) is 21.8. The zero-order valence-electron chi connectivity index (χ0n) is 11.5. The third-order valence-electron chi connectivity index (χ3n) is 3.00. The van der Waals surface area contributed by atoms with Gasteiger partial charge in [0.1, 0.15) is 0 Å². The Labute approximate surface area is 109 Å². The van der Waals surface area contributed by atoms with Crippen LogP contribution in [-0.2, 0) is 9.47 Å². The number of nitrogens with one attached hydrogen (secondary N) is 1. The van der Waals surface area contributed by atoms with Gasteiger partial charge in [0.2, 0.25) is 5.96 Å². The summed E-state index contributed by atoms with van der Waals surface area (Å²) in [6.45, 7) is 6.19. The molecular formula is C12H26N4O2. The molecule has 1 heterocycles. The molecule has 106 valence electrons. The predicted octanol–water partition coefficient (Wildman–Crippen LogP) is 0.343. The smallest absolute Gasteiger partial charge is 0.208 e. The van der Waals surface area contributed by atoms with Crippen molar-refractivity contribution >= 4 is 5.96 Å². The minimum absolute atomic E-state index is 0.269. The van der Waals surface area contributed by atoms with E-state index >= 15 is 0 Å². The summed E-state index contributed by atoms with van der Waals surface area (Å²) in [4.78, 5) is 6.66. The molecule has 18 heavy (non-hydrogen) atoms. The lowest BCUT2D eigenvalue weighted by Crippen LogP contribution is -2.47. The van der Waals surface area contributed by atoms with Crippen LogP contribution in [0.3, 0.4) is 0 Å². The Morgan fingerprint density at radius 1 is 1.61 bits per heavy atom. The maximum Gasteiger partial charge on any atom is 0.208 e. The maximum absolute atomic E-state index is 5.73. The number of ether oxygens (including phenoxy) is 2. The van der Waals surface area contributed by atoms with E-state index in [9.17, 15) is 0 Å². The van der Waals surface area contributed by atoms with Crippen molar-refractivity contribution in [3.8, 4) is 0 Å². The predicted molar refractivity (Wildman–Crippen MR) is 72.3 cm³/mol.